The average molecular weight is 323 g/mol. The number of nitrogens with zero attached hydrogens (tertiary/aromatic N) is 2. The fraction of sp³-hybridized carbons (Fsp3) is 0.429. The summed E-state index contributed by atoms with van der Waals surface area (Å²) in [7, 11) is 0. The lowest BCUT2D eigenvalue weighted by molar-refractivity contribution is -0.138. The predicted octanol–water partition coefficient (Wildman–Crippen LogP) is 2.53. The van der Waals surface area contributed by atoms with E-state index >= 15 is 0 Å². The predicted molar refractivity (Wildman–Crippen MR) is 83.3 cm³/mol. The van der Waals surface area contributed by atoms with E-state index < -0.39 is 18.0 Å². The number of thiophene rings is 1. The fourth-order valence-corrected chi connectivity index (χ4v) is 2.93. The molecule has 2 aromatic heterocycles. The number of anilines is 1. The van der Waals surface area contributed by atoms with Crippen molar-refractivity contribution in [2.45, 2.75) is 32.7 Å². The van der Waals surface area contributed by atoms with Crippen molar-refractivity contribution >= 4 is 39.3 Å². The number of carboxylic acid groups (broad SMARTS) is 1. The molecule has 0 aromatic carbocycles. The van der Waals surface area contributed by atoms with Gasteiger partial charge in [0, 0.05) is 5.38 Å². The number of aliphatic carboxylic acids is 1. The molecule has 0 saturated heterocycles. The summed E-state index contributed by atoms with van der Waals surface area (Å²) in [4.78, 5) is 32.1. The van der Waals surface area contributed by atoms with Crippen molar-refractivity contribution in [2.75, 3.05) is 11.9 Å². The van der Waals surface area contributed by atoms with E-state index in [0.717, 1.165) is 0 Å². The van der Waals surface area contributed by atoms with E-state index in [0.29, 0.717) is 34.4 Å². The van der Waals surface area contributed by atoms with Gasteiger partial charge in [-0.15, -0.1) is 11.3 Å². The summed E-state index contributed by atoms with van der Waals surface area (Å²) in [6.07, 6.45) is 2.52. The van der Waals surface area contributed by atoms with E-state index in [1.54, 1.807) is 12.3 Å². The van der Waals surface area contributed by atoms with Gasteiger partial charge in [-0.3, -0.25) is 0 Å². The van der Waals surface area contributed by atoms with Crippen molar-refractivity contribution in [3.8, 4) is 0 Å². The third-order valence-electron chi connectivity index (χ3n) is 3.05. The summed E-state index contributed by atoms with van der Waals surface area (Å²) in [6.45, 7) is 3.89. The molecule has 2 rings (SSSR count). The Hall–Kier alpha value is -2.22. The zero-order valence-corrected chi connectivity index (χ0v) is 13.1. The molecule has 0 radical (unpaired) electrons. The van der Waals surface area contributed by atoms with Gasteiger partial charge < -0.3 is 15.2 Å². The van der Waals surface area contributed by atoms with E-state index in [2.05, 4.69) is 15.3 Å². The monoisotopic (exact) mass is 323 g/mol. The molecule has 2 N–H and O–H groups in total. The van der Waals surface area contributed by atoms with Crippen LogP contribution in [-0.2, 0) is 9.53 Å². The second-order valence-corrected chi connectivity index (χ2v) is 5.45. The summed E-state index contributed by atoms with van der Waals surface area (Å²) in [6, 6.07) is -0.766. The highest BCUT2D eigenvalue weighted by atomic mass is 32.1. The lowest BCUT2D eigenvalue weighted by atomic mass is 10.1. The first-order valence-electron chi connectivity index (χ1n) is 6.97. The number of hydrogen-bond acceptors (Lipinski definition) is 7. The summed E-state index contributed by atoms with van der Waals surface area (Å²) < 4.78 is 5.02. The van der Waals surface area contributed by atoms with E-state index in [1.807, 2.05) is 6.92 Å². The van der Waals surface area contributed by atoms with Gasteiger partial charge in [0.1, 0.15) is 23.0 Å². The fourth-order valence-electron chi connectivity index (χ4n) is 2.05. The highest BCUT2D eigenvalue weighted by Crippen LogP contribution is 2.30. The quantitative estimate of drug-likeness (QED) is 0.755. The normalized spacial score (nSPS) is 12.1. The van der Waals surface area contributed by atoms with E-state index in [9.17, 15) is 14.7 Å². The van der Waals surface area contributed by atoms with Crippen molar-refractivity contribution in [3.05, 3.63) is 17.3 Å². The van der Waals surface area contributed by atoms with Crippen LogP contribution in [0, 0.1) is 0 Å². The van der Waals surface area contributed by atoms with E-state index in [4.69, 9.17) is 4.74 Å². The van der Waals surface area contributed by atoms with E-state index in [1.165, 1.54) is 17.7 Å². The minimum atomic E-state index is -0.957. The number of esters is 1. The molecule has 0 fully saturated rings. The smallest absolute Gasteiger partial charge is 0.339 e. The minimum absolute atomic E-state index is 0.264. The van der Waals surface area contributed by atoms with Crippen LogP contribution in [0.2, 0.25) is 0 Å². The molecular formula is C14H17N3O4S. The van der Waals surface area contributed by atoms with Crippen LogP contribution in [-0.4, -0.2) is 39.7 Å². The Kier molecular flexibility index (Phi) is 5.26. The number of fused-ring (bicyclic) bond motifs is 1. The minimum Gasteiger partial charge on any atom is -0.480 e. The number of nitrogens with one attached hydrogen (secondary N) is 1. The summed E-state index contributed by atoms with van der Waals surface area (Å²) >= 11 is 1.29. The zero-order chi connectivity index (χ0) is 16.1. The van der Waals surface area contributed by atoms with Gasteiger partial charge in [-0.2, -0.15) is 0 Å². The largest absolute Gasteiger partial charge is 0.480 e. The Morgan fingerprint density at radius 1 is 1.41 bits per heavy atom. The van der Waals surface area contributed by atoms with E-state index in [-0.39, 0.29) is 6.61 Å². The molecule has 118 valence electrons. The number of carbonyl (C=O) groups excluding carboxylic acids is 1. The highest BCUT2D eigenvalue weighted by Gasteiger charge is 2.22. The molecule has 0 saturated carbocycles. The molecule has 0 bridgehead atoms. The summed E-state index contributed by atoms with van der Waals surface area (Å²) in [5.74, 6) is -1.08. The molecule has 0 amide bonds. The van der Waals surface area contributed by atoms with Gasteiger partial charge >= 0.3 is 11.9 Å². The maximum atomic E-state index is 12.0. The first-order valence-corrected chi connectivity index (χ1v) is 7.85. The van der Waals surface area contributed by atoms with Crippen LogP contribution in [0.4, 0.5) is 5.82 Å². The standard InChI is InChI=1S/C14H17N3O4S/c1-3-5-9(13(18)19)17-11-10-8(14(20)21-4-2)6-22-12(10)16-7-15-11/h6-7,9H,3-5H2,1-2H3,(H,18,19)(H,15,16,17). The van der Waals surface area contributed by atoms with Crippen LogP contribution in [0.3, 0.4) is 0 Å². The van der Waals surface area contributed by atoms with Gasteiger partial charge in [0.15, 0.2) is 0 Å². The number of carboxylic acids is 1. The van der Waals surface area contributed by atoms with Gasteiger partial charge in [0.2, 0.25) is 0 Å². The van der Waals surface area contributed by atoms with Crippen LogP contribution in [0.5, 0.6) is 0 Å². The Balaban J connectivity index is 2.42. The molecule has 8 heteroatoms. The molecule has 2 heterocycles. The topological polar surface area (TPSA) is 101 Å². The van der Waals surface area contributed by atoms with Crippen LogP contribution < -0.4 is 5.32 Å². The molecule has 0 aliphatic rings. The number of rotatable bonds is 7. The maximum absolute atomic E-state index is 12.0. The van der Waals surface area contributed by atoms with Gasteiger partial charge in [-0.05, 0) is 13.3 Å². The SMILES string of the molecule is CCCC(Nc1ncnc2scc(C(=O)OCC)c12)C(=O)O. The Bertz CT molecular complexity index is 686. The van der Waals surface area contributed by atoms with Gasteiger partial charge in [-0.25, -0.2) is 19.6 Å². The number of hydrogen-bond donors (Lipinski definition) is 2. The first-order chi connectivity index (χ1) is 10.6. The average Bonchev–Trinajstić information content (AvgIpc) is 2.92. The van der Waals surface area contributed by atoms with Crippen molar-refractivity contribution in [3.63, 3.8) is 0 Å². The molecule has 7 nitrogen and oxygen atoms in total. The van der Waals surface area contributed by atoms with Crippen molar-refractivity contribution in [1.29, 1.82) is 0 Å². The van der Waals surface area contributed by atoms with Crippen LogP contribution in [0.15, 0.2) is 11.7 Å². The Morgan fingerprint density at radius 3 is 2.82 bits per heavy atom. The van der Waals surface area contributed by atoms with Crippen molar-refractivity contribution in [2.24, 2.45) is 0 Å². The van der Waals surface area contributed by atoms with Crippen LogP contribution in [0.1, 0.15) is 37.0 Å². The molecule has 0 spiro atoms. The highest BCUT2D eigenvalue weighted by molar-refractivity contribution is 7.17. The number of aromatic nitrogens is 2. The Morgan fingerprint density at radius 2 is 2.18 bits per heavy atom. The number of ether oxygens (including phenoxy) is 1. The second kappa shape index (κ2) is 7.17. The second-order valence-electron chi connectivity index (χ2n) is 4.60. The molecule has 2 aromatic rings. The number of carbonyl (C=O) groups is 2. The van der Waals surface area contributed by atoms with Gasteiger partial charge in [-0.1, -0.05) is 13.3 Å². The summed E-state index contributed by atoms with van der Waals surface area (Å²) in [5.41, 5.74) is 0.352. The molecule has 0 aliphatic carbocycles. The third-order valence-corrected chi connectivity index (χ3v) is 3.94. The van der Waals surface area contributed by atoms with Gasteiger partial charge in [0.05, 0.1) is 17.6 Å². The molecule has 1 unspecified atom stereocenters. The van der Waals surface area contributed by atoms with Crippen molar-refractivity contribution < 1.29 is 19.4 Å². The van der Waals surface area contributed by atoms with Crippen LogP contribution >= 0.6 is 11.3 Å². The summed E-state index contributed by atoms with van der Waals surface area (Å²) in [5, 5.41) is 14.3. The van der Waals surface area contributed by atoms with Crippen LogP contribution in [0.25, 0.3) is 10.2 Å². The molecule has 0 aliphatic heterocycles. The zero-order valence-electron chi connectivity index (χ0n) is 12.3. The molecule has 22 heavy (non-hydrogen) atoms. The third kappa shape index (κ3) is 3.33. The molecule has 1 atom stereocenters. The van der Waals surface area contributed by atoms with Crippen molar-refractivity contribution in [1.82, 2.24) is 9.97 Å². The Labute approximate surface area is 131 Å². The maximum Gasteiger partial charge on any atom is 0.339 e. The van der Waals surface area contributed by atoms with Gasteiger partial charge in [0.25, 0.3) is 0 Å². The lowest BCUT2D eigenvalue weighted by Gasteiger charge is -2.15. The first kappa shape index (κ1) is 16.2. The molecular weight excluding hydrogens is 306 g/mol. The lowest BCUT2D eigenvalue weighted by Crippen LogP contribution is -2.29.